The van der Waals surface area contributed by atoms with Crippen LogP contribution in [0.4, 0.5) is 5.69 Å². The molecule has 3 rings (SSSR count). The fourth-order valence-electron chi connectivity index (χ4n) is 2.01. The highest BCUT2D eigenvalue weighted by Crippen LogP contribution is 2.30. The van der Waals surface area contributed by atoms with Crippen molar-refractivity contribution in [3.63, 3.8) is 0 Å². The number of anilines is 1. The molecule has 0 unspecified atom stereocenters. The number of hydrogen-bond donors (Lipinski definition) is 1. The van der Waals surface area contributed by atoms with Gasteiger partial charge in [0.15, 0.2) is 0 Å². The van der Waals surface area contributed by atoms with Crippen molar-refractivity contribution < 1.29 is 0 Å². The van der Waals surface area contributed by atoms with E-state index in [1.54, 1.807) is 0 Å². The van der Waals surface area contributed by atoms with Crippen molar-refractivity contribution in [3.8, 4) is 5.69 Å². The van der Waals surface area contributed by atoms with Gasteiger partial charge >= 0.3 is 0 Å². The Balaban J connectivity index is 1.72. The van der Waals surface area contributed by atoms with E-state index in [4.69, 9.17) is 11.6 Å². The van der Waals surface area contributed by atoms with E-state index in [9.17, 15) is 0 Å². The normalized spacial score (nSPS) is 10.6. The molecule has 0 spiro atoms. The first-order valence-corrected chi connectivity index (χ1v) is 7.68. The molecule has 1 N–H and O–H groups in total. The second-order valence-electron chi connectivity index (χ2n) is 4.58. The molecule has 0 aliphatic heterocycles. The summed E-state index contributed by atoms with van der Waals surface area (Å²) < 4.78 is 2.74. The molecule has 0 radical (unpaired) electrons. The molecule has 106 valence electrons. The van der Waals surface area contributed by atoms with E-state index < -0.39 is 0 Å². The predicted molar refractivity (Wildman–Crippen MR) is 90.0 cm³/mol. The number of aromatic nitrogens is 2. The first kappa shape index (κ1) is 14.2. The van der Waals surface area contributed by atoms with E-state index in [0.29, 0.717) is 11.6 Å². The lowest BCUT2D eigenvalue weighted by Gasteiger charge is -2.08. The number of hydrogen-bond acceptors (Lipinski definition) is 2. The maximum atomic E-state index is 6.08. The Hall–Kier alpha value is -1.78. The summed E-state index contributed by atoms with van der Waals surface area (Å²) in [6, 6.07) is 15.8. The molecule has 21 heavy (non-hydrogen) atoms. The minimum absolute atomic E-state index is 0.686. The molecular weight excluding hydrogens is 350 g/mol. The van der Waals surface area contributed by atoms with Crippen molar-refractivity contribution in [3.05, 3.63) is 76.0 Å². The zero-order chi connectivity index (χ0) is 14.7. The van der Waals surface area contributed by atoms with Crippen LogP contribution in [0, 0.1) is 0 Å². The summed E-state index contributed by atoms with van der Waals surface area (Å²) in [6.45, 7) is 0.686. The van der Waals surface area contributed by atoms with E-state index in [-0.39, 0.29) is 0 Å². The van der Waals surface area contributed by atoms with Gasteiger partial charge in [-0.05, 0) is 40.2 Å². The molecule has 0 bridgehead atoms. The van der Waals surface area contributed by atoms with Gasteiger partial charge in [-0.15, -0.1) is 0 Å². The third kappa shape index (κ3) is 3.28. The van der Waals surface area contributed by atoms with E-state index in [0.717, 1.165) is 21.4 Å². The average Bonchev–Trinajstić information content (AvgIpc) is 2.99. The third-order valence-electron chi connectivity index (χ3n) is 3.09. The zero-order valence-electron chi connectivity index (χ0n) is 11.1. The first-order valence-electron chi connectivity index (χ1n) is 6.51. The molecule has 1 heterocycles. The average molecular weight is 363 g/mol. The van der Waals surface area contributed by atoms with Crippen LogP contribution in [-0.4, -0.2) is 9.78 Å². The van der Waals surface area contributed by atoms with Crippen molar-refractivity contribution in [1.29, 1.82) is 0 Å². The highest BCUT2D eigenvalue weighted by atomic mass is 79.9. The van der Waals surface area contributed by atoms with E-state index in [1.807, 2.05) is 65.6 Å². The minimum atomic E-state index is 0.686. The quantitative estimate of drug-likeness (QED) is 0.715. The highest BCUT2D eigenvalue weighted by Gasteiger charge is 2.05. The van der Waals surface area contributed by atoms with Crippen molar-refractivity contribution in [1.82, 2.24) is 9.78 Å². The second-order valence-corrected chi connectivity index (χ2v) is 5.78. The van der Waals surface area contributed by atoms with Gasteiger partial charge in [-0.1, -0.05) is 35.9 Å². The van der Waals surface area contributed by atoms with Gasteiger partial charge in [0, 0.05) is 18.3 Å². The fourth-order valence-corrected chi connectivity index (χ4v) is 2.59. The minimum Gasteiger partial charge on any atom is -0.380 e. The first-order chi connectivity index (χ1) is 10.2. The predicted octanol–water partition coefficient (Wildman–Crippen LogP) is 4.90. The Kier molecular flexibility index (Phi) is 4.27. The Morgan fingerprint density at radius 2 is 1.90 bits per heavy atom. The number of benzene rings is 2. The molecule has 0 saturated carbocycles. The van der Waals surface area contributed by atoms with Gasteiger partial charge < -0.3 is 5.32 Å². The molecule has 1 aromatic heterocycles. The lowest BCUT2D eigenvalue weighted by Crippen LogP contribution is -1.99. The van der Waals surface area contributed by atoms with Gasteiger partial charge in [-0.2, -0.15) is 5.10 Å². The van der Waals surface area contributed by atoms with Crippen LogP contribution in [0.5, 0.6) is 0 Å². The zero-order valence-corrected chi connectivity index (χ0v) is 13.5. The molecule has 0 amide bonds. The van der Waals surface area contributed by atoms with Crippen molar-refractivity contribution in [2.45, 2.75) is 6.54 Å². The third-order valence-corrected chi connectivity index (χ3v) is 4.49. The van der Waals surface area contributed by atoms with Gasteiger partial charge in [0.25, 0.3) is 0 Å². The standard InChI is InChI=1S/C16H13BrClN3/c17-16-14(18)7-4-8-15(16)19-9-12-10-20-21(11-12)13-5-2-1-3-6-13/h1-8,10-11,19H,9H2. The molecule has 0 saturated heterocycles. The van der Waals surface area contributed by atoms with Crippen molar-refractivity contribution in [2.75, 3.05) is 5.32 Å². The molecule has 3 nitrogen and oxygen atoms in total. The highest BCUT2D eigenvalue weighted by molar-refractivity contribution is 9.10. The van der Waals surface area contributed by atoms with Crippen LogP contribution in [0.3, 0.4) is 0 Å². The molecule has 0 fully saturated rings. The smallest absolute Gasteiger partial charge is 0.0645 e. The second kappa shape index (κ2) is 6.33. The SMILES string of the molecule is Clc1cccc(NCc2cnn(-c3ccccc3)c2)c1Br. The fraction of sp³-hybridized carbons (Fsp3) is 0.0625. The van der Waals surface area contributed by atoms with Gasteiger partial charge in [0.1, 0.15) is 0 Å². The van der Waals surface area contributed by atoms with E-state index in [1.165, 1.54) is 0 Å². The van der Waals surface area contributed by atoms with Gasteiger partial charge in [-0.25, -0.2) is 4.68 Å². The summed E-state index contributed by atoms with van der Waals surface area (Å²) in [5.41, 5.74) is 3.12. The Bertz CT molecular complexity index is 740. The summed E-state index contributed by atoms with van der Waals surface area (Å²) in [7, 11) is 0. The van der Waals surface area contributed by atoms with Crippen LogP contribution in [0.25, 0.3) is 5.69 Å². The van der Waals surface area contributed by atoms with E-state index >= 15 is 0 Å². The maximum absolute atomic E-state index is 6.08. The molecular formula is C16H13BrClN3. The summed E-state index contributed by atoms with van der Waals surface area (Å²) in [4.78, 5) is 0. The van der Waals surface area contributed by atoms with Gasteiger partial charge in [0.05, 0.1) is 27.1 Å². The molecule has 2 aromatic carbocycles. The Morgan fingerprint density at radius 1 is 1.10 bits per heavy atom. The van der Waals surface area contributed by atoms with Crippen LogP contribution in [0.1, 0.15) is 5.56 Å². The summed E-state index contributed by atoms with van der Waals surface area (Å²) in [6.07, 6.45) is 3.87. The molecule has 0 atom stereocenters. The van der Waals surface area contributed by atoms with Crippen LogP contribution in [0.2, 0.25) is 5.02 Å². The molecule has 3 aromatic rings. The summed E-state index contributed by atoms with van der Waals surface area (Å²) >= 11 is 9.56. The Labute approximate surface area is 136 Å². The van der Waals surface area contributed by atoms with Crippen LogP contribution >= 0.6 is 27.5 Å². The molecule has 5 heteroatoms. The van der Waals surface area contributed by atoms with Gasteiger partial charge in [-0.3, -0.25) is 0 Å². The molecule has 0 aliphatic rings. The van der Waals surface area contributed by atoms with Crippen LogP contribution < -0.4 is 5.32 Å². The summed E-state index contributed by atoms with van der Waals surface area (Å²) in [5.74, 6) is 0. The monoisotopic (exact) mass is 361 g/mol. The number of nitrogens with one attached hydrogen (secondary N) is 1. The van der Waals surface area contributed by atoms with Crippen molar-refractivity contribution >= 4 is 33.2 Å². The largest absolute Gasteiger partial charge is 0.380 e. The van der Waals surface area contributed by atoms with Gasteiger partial charge in [0.2, 0.25) is 0 Å². The summed E-state index contributed by atoms with van der Waals surface area (Å²) in [5, 5.41) is 8.42. The number of halogens is 2. The van der Waals surface area contributed by atoms with E-state index in [2.05, 4.69) is 26.3 Å². The van der Waals surface area contributed by atoms with Crippen molar-refractivity contribution in [2.24, 2.45) is 0 Å². The number of rotatable bonds is 4. The molecule has 0 aliphatic carbocycles. The van der Waals surface area contributed by atoms with Crippen LogP contribution in [0.15, 0.2) is 65.4 Å². The topological polar surface area (TPSA) is 29.9 Å². The number of para-hydroxylation sites is 1. The maximum Gasteiger partial charge on any atom is 0.0645 e. The lowest BCUT2D eigenvalue weighted by molar-refractivity contribution is 0.880. The number of nitrogens with zero attached hydrogens (tertiary/aromatic N) is 2. The lowest BCUT2D eigenvalue weighted by atomic mass is 10.3. The van der Waals surface area contributed by atoms with Crippen LogP contribution in [-0.2, 0) is 6.54 Å². The Morgan fingerprint density at radius 3 is 2.71 bits per heavy atom.